The van der Waals surface area contributed by atoms with Crippen molar-refractivity contribution in [1.29, 1.82) is 0 Å². The number of likely N-dealkylation sites (tertiary alicyclic amines) is 1. The lowest BCUT2D eigenvalue weighted by Gasteiger charge is -2.33. The Bertz CT molecular complexity index is 1200. The van der Waals surface area contributed by atoms with Gasteiger partial charge in [-0.15, -0.1) is 0 Å². The summed E-state index contributed by atoms with van der Waals surface area (Å²) in [5, 5.41) is 6.77. The molecule has 2 aromatic carbocycles. The Morgan fingerprint density at radius 2 is 1.78 bits per heavy atom. The van der Waals surface area contributed by atoms with Gasteiger partial charge in [0.05, 0.1) is 19.6 Å². The van der Waals surface area contributed by atoms with Crippen LogP contribution in [0.3, 0.4) is 0 Å². The summed E-state index contributed by atoms with van der Waals surface area (Å²) >= 11 is 0. The van der Waals surface area contributed by atoms with Gasteiger partial charge < -0.3 is 24.2 Å². The zero-order valence-electron chi connectivity index (χ0n) is 21.0. The maximum atomic E-state index is 13.5. The fourth-order valence-corrected chi connectivity index (χ4v) is 4.37. The van der Waals surface area contributed by atoms with Gasteiger partial charge in [0.15, 0.2) is 11.5 Å². The third-order valence-electron chi connectivity index (χ3n) is 6.43. The van der Waals surface area contributed by atoms with Crippen LogP contribution in [0.15, 0.2) is 65.2 Å². The average Bonchev–Trinajstić information content (AvgIpc) is 3.44. The molecule has 1 aliphatic rings. The fraction of sp³-hybridized carbons (Fsp3) is 0.357. The van der Waals surface area contributed by atoms with Crippen molar-refractivity contribution < 1.29 is 28.4 Å². The molecule has 1 N–H and O–H groups in total. The molecule has 2 amide bonds. The van der Waals surface area contributed by atoms with Crippen molar-refractivity contribution in [2.24, 2.45) is 5.92 Å². The molecule has 0 spiro atoms. The Morgan fingerprint density at radius 3 is 2.43 bits per heavy atom. The van der Waals surface area contributed by atoms with Gasteiger partial charge in [0.2, 0.25) is 5.91 Å². The Labute approximate surface area is 215 Å². The van der Waals surface area contributed by atoms with Gasteiger partial charge in [0.1, 0.15) is 11.8 Å². The van der Waals surface area contributed by atoms with Crippen LogP contribution in [0.5, 0.6) is 5.75 Å². The van der Waals surface area contributed by atoms with Crippen LogP contribution in [0.2, 0.25) is 0 Å². The number of methoxy groups -OCH3 is 1. The molecular weight excluding hydrogens is 474 g/mol. The lowest BCUT2D eigenvalue weighted by molar-refractivity contribution is -0.151. The molecule has 0 aliphatic carbocycles. The van der Waals surface area contributed by atoms with E-state index < -0.39 is 11.9 Å². The van der Waals surface area contributed by atoms with Crippen LogP contribution < -0.4 is 10.1 Å². The van der Waals surface area contributed by atoms with Crippen molar-refractivity contribution in [1.82, 2.24) is 15.4 Å². The molecule has 37 heavy (non-hydrogen) atoms. The third kappa shape index (κ3) is 6.55. The number of nitrogens with zero attached hydrogens (tertiary/aromatic N) is 2. The van der Waals surface area contributed by atoms with Gasteiger partial charge in [-0.25, -0.2) is 0 Å². The number of ether oxygens (including phenoxy) is 2. The number of amides is 2. The Balaban J connectivity index is 1.46. The van der Waals surface area contributed by atoms with Crippen LogP contribution in [-0.2, 0) is 20.7 Å². The summed E-state index contributed by atoms with van der Waals surface area (Å²) < 4.78 is 15.7. The molecule has 0 unspecified atom stereocenters. The molecule has 9 heteroatoms. The topological polar surface area (TPSA) is 111 Å². The first-order chi connectivity index (χ1) is 18.0. The van der Waals surface area contributed by atoms with Crippen LogP contribution in [-0.4, -0.2) is 60.7 Å². The van der Waals surface area contributed by atoms with Crippen LogP contribution in [0.25, 0.3) is 11.3 Å². The quantitative estimate of drug-likeness (QED) is 0.443. The SMILES string of the molecule is CCOC(=O)C1CCN(C(=O)[C@@H](Cc2ccccc2)NC(=O)c2cc(-c3ccc(OC)cc3)on2)CC1. The predicted octanol–water partition coefficient (Wildman–Crippen LogP) is 3.49. The predicted molar refractivity (Wildman–Crippen MR) is 136 cm³/mol. The summed E-state index contributed by atoms with van der Waals surface area (Å²) in [7, 11) is 1.58. The number of aromatic nitrogens is 1. The van der Waals surface area contributed by atoms with E-state index >= 15 is 0 Å². The van der Waals surface area contributed by atoms with E-state index in [9.17, 15) is 14.4 Å². The number of nitrogens with one attached hydrogen (secondary N) is 1. The van der Waals surface area contributed by atoms with E-state index in [1.54, 1.807) is 37.1 Å². The smallest absolute Gasteiger partial charge is 0.309 e. The minimum Gasteiger partial charge on any atom is -0.497 e. The van der Waals surface area contributed by atoms with Gasteiger partial charge in [-0.3, -0.25) is 14.4 Å². The Morgan fingerprint density at radius 1 is 1.08 bits per heavy atom. The second kappa shape index (κ2) is 12.2. The van der Waals surface area contributed by atoms with Crippen molar-refractivity contribution in [3.8, 4) is 17.1 Å². The Hall–Kier alpha value is -4.14. The maximum Gasteiger partial charge on any atom is 0.309 e. The van der Waals surface area contributed by atoms with Gasteiger partial charge in [-0.05, 0) is 49.6 Å². The highest BCUT2D eigenvalue weighted by Crippen LogP contribution is 2.24. The van der Waals surface area contributed by atoms with E-state index in [0.717, 1.165) is 11.1 Å². The Kier molecular flexibility index (Phi) is 8.56. The largest absolute Gasteiger partial charge is 0.497 e. The first-order valence-electron chi connectivity index (χ1n) is 12.4. The van der Waals surface area contributed by atoms with Crippen molar-refractivity contribution in [2.45, 2.75) is 32.2 Å². The van der Waals surface area contributed by atoms with Crippen molar-refractivity contribution >= 4 is 17.8 Å². The molecule has 2 heterocycles. The first-order valence-corrected chi connectivity index (χ1v) is 12.4. The van der Waals surface area contributed by atoms with E-state index in [0.29, 0.717) is 50.5 Å². The van der Waals surface area contributed by atoms with Crippen LogP contribution in [0.1, 0.15) is 35.8 Å². The number of hydrogen-bond acceptors (Lipinski definition) is 7. The van der Waals surface area contributed by atoms with Gasteiger partial charge in [0.25, 0.3) is 5.91 Å². The molecule has 1 saturated heterocycles. The fourth-order valence-electron chi connectivity index (χ4n) is 4.37. The number of carbonyl (C=O) groups excluding carboxylic acids is 3. The van der Waals surface area contributed by atoms with Crippen LogP contribution in [0, 0.1) is 5.92 Å². The molecule has 1 aromatic heterocycles. The second-order valence-electron chi connectivity index (χ2n) is 8.87. The minimum atomic E-state index is -0.796. The molecular formula is C28H31N3O6. The van der Waals surface area contributed by atoms with E-state index in [4.69, 9.17) is 14.0 Å². The molecule has 4 rings (SSSR count). The van der Waals surface area contributed by atoms with E-state index in [1.165, 1.54) is 0 Å². The van der Waals surface area contributed by atoms with Crippen molar-refractivity contribution in [3.63, 3.8) is 0 Å². The second-order valence-corrected chi connectivity index (χ2v) is 8.87. The first kappa shape index (κ1) is 25.9. The number of benzene rings is 2. The lowest BCUT2D eigenvalue weighted by Crippen LogP contribution is -2.52. The average molecular weight is 506 g/mol. The summed E-state index contributed by atoms with van der Waals surface area (Å²) in [6.45, 7) is 2.97. The van der Waals surface area contributed by atoms with Crippen LogP contribution in [0.4, 0.5) is 0 Å². The summed E-state index contributed by atoms with van der Waals surface area (Å²) in [5.74, 6) is 0.00672. The highest BCUT2D eigenvalue weighted by atomic mass is 16.5. The third-order valence-corrected chi connectivity index (χ3v) is 6.43. The molecule has 0 bridgehead atoms. The molecule has 0 radical (unpaired) electrons. The highest BCUT2D eigenvalue weighted by molar-refractivity contribution is 5.96. The van der Waals surface area contributed by atoms with Gasteiger partial charge in [-0.1, -0.05) is 35.5 Å². The maximum absolute atomic E-state index is 13.5. The van der Waals surface area contributed by atoms with Gasteiger partial charge in [-0.2, -0.15) is 0 Å². The van der Waals surface area contributed by atoms with Gasteiger partial charge in [0, 0.05) is 31.1 Å². The highest BCUT2D eigenvalue weighted by Gasteiger charge is 2.32. The van der Waals surface area contributed by atoms with Crippen molar-refractivity contribution in [3.05, 3.63) is 71.9 Å². The summed E-state index contributed by atoms with van der Waals surface area (Å²) in [6.07, 6.45) is 1.39. The number of carbonyl (C=O) groups is 3. The zero-order chi connectivity index (χ0) is 26.2. The van der Waals surface area contributed by atoms with E-state index in [-0.39, 0.29) is 23.5 Å². The summed E-state index contributed by atoms with van der Waals surface area (Å²) in [4.78, 5) is 40.4. The number of esters is 1. The molecule has 194 valence electrons. The van der Waals surface area contributed by atoms with Crippen molar-refractivity contribution in [2.75, 3.05) is 26.8 Å². The standard InChI is InChI=1S/C28H31N3O6/c1-3-36-28(34)21-13-15-31(16-14-21)27(33)24(17-19-7-5-4-6-8-19)29-26(32)23-18-25(37-30-23)20-9-11-22(35-2)12-10-20/h4-12,18,21,24H,3,13-17H2,1-2H3,(H,29,32)/t24-/m1/s1. The molecule has 1 aliphatic heterocycles. The molecule has 9 nitrogen and oxygen atoms in total. The van der Waals surface area contributed by atoms with Gasteiger partial charge >= 0.3 is 5.97 Å². The normalized spacial score (nSPS) is 14.6. The summed E-state index contributed by atoms with van der Waals surface area (Å²) in [5.41, 5.74) is 1.74. The summed E-state index contributed by atoms with van der Waals surface area (Å²) in [6, 6.07) is 17.5. The number of hydrogen-bond donors (Lipinski definition) is 1. The molecule has 1 fully saturated rings. The molecule has 0 saturated carbocycles. The van der Waals surface area contributed by atoms with E-state index in [1.807, 2.05) is 42.5 Å². The minimum absolute atomic E-state index is 0.0812. The number of piperidine rings is 1. The monoisotopic (exact) mass is 505 g/mol. The lowest BCUT2D eigenvalue weighted by atomic mass is 9.95. The zero-order valence-corrected chi connectivity index (χ0v) is 21.0. The number of rotatable bonds is 9. The molecule has 1 atom stereocenters. The molecule has 3 aromatic rings. The van der Waals surface area contributed by atoms with E-state index in [2.05, 4.69) is 10.5 Å². The van der Waals surface area contributed by atoms with Crippen LogP contribution >= 0.6 is 0 Å².